The molecule has 0 aliphatic carbocycles. The zero-order valence-electron chi connectivity index (χ0n) is 15.0. The molecule has 2 aromatic carbocycles. The van der Waals surface area contributed by atoms with Gasteiger partial charge in [-0.05, 0) is 53.5 Å². The van der Waals surface area contributed by atoms with E-state index in [2.05, 4.69) is 9.72 Å². The fourth-order valence-corrected chi connectivity index (χ4v) is 3.32. The maximum absolute atomic E-state index is 12.7. The van der Waals surface area contributed by atoms with E-state index >= 15 is 0 Å². The van der Waals surface area contributed by atoms with Gasteiger partial charge < -0.3 is 14.6 Å². The Balaban J connectivity index is 1.78. The van der Waals surface area contributed by atoms with E-state index in [1.807, 2.05) is 6.08 Å². The first-order chi connectivity index (χ1) is 13.5. The number of allylic oxidation sites excluding steroid dienone is 1. The SMILES string of the molecule is COC(=O)c1ccc(/C=C2\CCn3c2nc2cc(C(=O)[O-])ccc2c3=O)cc1. The van der Waals surface area contributed by atoms with Crippen molar-refractivity contribution in [2.24, 2.45) is 0 Å². The molecule has 4 rings (SSSR count). The zero-order valence-corrected chi connectivity index (χ0v) is 15.0. The normalized spacial score (nSPS) is 14.2. The number of esters is 1. The molecule has 0 N–H and O–H groups in total. The quantitative estimate of drug-likeness (QED) is 0.643. The average molecular weight is 375 g/mol. The molecule has 0 bridgehead atoms. The maximum atomic E-state index is 12.7. The van der Waals surface area contributed by atoms with Crippen LogP contribution in [0.4, 0.5) is 0 Å². The Bertz CT molecular complexity index is 1210. The minimum absolute atomic E-state index is 0.0220. The van der Waals surface area contributed by atoms with E-state index in [0.29, 0.717) is 35.3 Å². The molecule has 0 atom stereocenters. The van der Waals surface area contributed by atoms with Crippen molar-refractivity contribution in [1.82, 2.24) is 9.55 Å². The van der Waals surface area contributed by atoms with Crippen molar-refractivity contribution in [1.29, 1.82) is 0 Å². The van der Waals surface area contributed by atoms with Crippen LogP contribution in [0.5, 0.6) is 0 Å². The fourth-order valence-electron chi connectivity index (χ4n) is 3.32. The number of hydrogen-bond donors (Lipinski definition) is 0. The molecule has 0 fully saturated rings. The number of rotatable bonds is 3. The van der Waals surface area contributed by atoms with Gasteiger partial charge in [0.2, 0.25) is 0 Å². The summed E-state index contributed by atoms with van der Waals surface area (Å²) in [4.78, 5) is 39.9. The highest BCUT2D eigenvalue weighted by molar-refractivity contribution is 5.93. The fraction of sp³-hybridized carbons (Fsp3) is 0.143. The summed E-state index contributed by atoms with van der Waals surface area (Å²) in [6, 6.07) is 11.1. The highest BCUT2D eigenvalue weighted by Crippen LogP contribution is 2.27. The van der Waals surface area contributed by atoms with Crippen molar-refractivity contribution in [3.63, 3.8) is 0 Å². The summed E-state index contributed by atoms with van der Waals surface area (Å²) in [5.74, 6) is -1.20. The summed E-state index contributed by atoms with van der Waals surface area (Å²) < 4.78 is 6.28. The van der Waals surface area contributed by atoms with Gasteiger partial charge in [0.05, 0.1) is 29.5 Å². The molecule has 3 aromatic rings. The molecule has 1 aliphatic heterocycles. The first-order valence-corrected chi connectivity index (χ1v) is 8.63. The molecule has 140 valence electrons. The minimum atomic E-state index is -1.31. The number of hydrogen-bond acceptors (Lipinski definition) is 6. The van der Waals surface area contributed by atoms with Crippen LogP contribution in [0.25, 0.3) is 22.6 Å². The van der Waals surface area contributed by atoms with Gasteiger partial charge in [0.1, 0.15) is 5.82 Å². The van der Waals surface area contributed by atoms with Crippen molar-refractivity contribution in [2.45, 2.75) is 13.0 Å². The number of carbonyl (C=O) groups excluding carboxylic acids is 2. The van der Waals surface area contributed by atoms with Crippen LogP contribution in [0.1, 0.15) is 38.5 Å². The Morgan fingerprint density at radius 3 is 2.54 bits per heavy atom. The maximum Gasteiger partial charge on any atom is 0.337 e. The number of nitrogens with zero attached hydrogens (tertiary/aromatic N) is 2. The Labute approximate surface area is 159 Å². The average Bonchev–Trinajstić information content (AvgIpc) is 3.10. The highest BCUT2D eigenvalue weighted by Gasteiger charge is 2.21. The lowest BCUT2D eigenvalue weighted by atomic mass is 10.1. The number of carbonyl (C=O) groups is 2. The van der Waals surface area contributed by atoms with Crippen LogP contribution in [0, 0.1) is 0 Å². The molecule has 1 aromatic heterocycles. The number of carboxylic acids is 1. The summed E-state index contributed by atoms with van der Waals surface area (Å²) in [7, 11) is 1.33. The largest absolute Gasteiger partial charge is 0.545 e. The summed E-state index contributed by atoms with van der Waals surface area (Å²) in [6.07, 6.45) is 2.53. The van der Waals surface area contributed by atoms with Gasteiger partial charge >= 0.3 is 5.97 Å². The lowest BCUT2D eigenvalue weighted by Gasteiger charge is -2.08. The first kappa shape index (κ1) is 17.7. The molecule has 7 heteroatoms. The van der Waals surface area contributed by atoms with Crippen LogP contribution < -0.4 is 10.7 Å². The van der Waals surface area contributed by atoms with Gasteiger partial charge in [-0.25, -0.2) is 9.78 Å². The monoisotopic (exact) mass is 375 g/mol. The molecule has 7 nitrogen and oxygen atoms in total. The molecule has 0 saturated heterocycles. The van der Waals surface area contributed by atoms with Gasteiger partial charge in [-0.15, -0.1) is 0 Å². The van der Waals surface area contributed by atoms with Crippen molar-refractivity contribution in [3.8, 4) is 0 Å². The first-order valence-electron chi connectivity index (χ1n) is 8.63. The number of fused-ring (bicyclic) bond motifs is 2. The highest BCUT2D eigenvalue weighted by atomic mass is 16.5. The number of ether oxygens (including phenoxy) is 1. The van der Waals surface area contributed by atoms with Crippen molar-refractivity contribution >= 4 is 34.5 Å². The lowest BCUT2D eigenvalue weighted by molar-refractivity contribution is -0.255. The molecule has 1 aliphatic rings. The van der Waals surface area contributed by atoms with Gasteiger partial charge in [0.15, 0.2) is 0 Å². The minimum Gasteiger partial charge on any atom is -0.545 e. The van der Waals surface area contributed by atoms with Gasteiger partial charge in [-0.1, -0.05) is 18.2 Å². The van der Waals surface area contributed by atoms with Crippen LogP contribution in [0.3, 0.4) is 0 Å². The van der Waals surface area contributed by atoms with Crippen LogP contribution in [0.15, 0.2) is 47.3 Å². The molecule has 28 heavy (non-hydrogen) atoms. The third-order valence-corrected chi connectivity index (χ3v) is 4.76. The molecule has 2 heterocycles. The van der Waals surface area contributed by atoms with Crippen LogP contribution >= 0.6 is 0 Å². The van der Waals surface area contributed by atoms with Crippen molar-refractivity contribution < 1.29 is 19.4 Å². The number of aromatic nitrogens is 2. The number of carboxylic acid groups (broad SMARTS) is 1. The number of benzene rings is 2. The third kappa shape index (κ3) is 2.96. The Morgan fingerprint density at radius 2 is 1.86 bits per heavy atom. The summed E-state index contributed by atoms with van der Waals surface area (Å²) >= 11 is 0. The second kappa shape index (κ2) is 6.77. The zero-order chi connectivity index (χ0) is 19.8. The van der Waals surface area contributed by atoms with E-state index in [-0.39, 0.29) is 11.1 Å². The second-order valence-electron chi connectivity index (χ2n) is 6.44. The van der Waals surface area contributed by atoms with E-state index < -0.39 is 11.9 Å². The number of methoxy groups -OCH3 is 1. The molecular weight excluding hydrogens is 360 g/mol. The molecule has 0 spiro atoms. The molecule has 0 saturated carbocycles. The molecule has 0 radical (unpaired) electrons. The Hall–Kier alpha value is -3.74. The second-order valence-corrected chi connectivity index (χ2v) is 6.44. The summed E-state index contributed by atoms with van der Waals surface area (Å²) in [6.45, 7) is 0.505. The molecular formula is C21H15N2O5-. The Kier molecular flexibility index (Phi) is 4.27. The van der Waals surface area contributed by atoms with E-state index in [9.17, 15) is 19.5 Å². The van der Waals surface area contributed by atoms with Crippen LogP contribution in [-0.2, 0) is 11.3 Å². The standard InChI is InChI=1S/C21H16N2O5/c1-28-21(27)13-4-2-12(3-5-13)10-14-8-9-23-18(14)22-17-11-15(20(25)26)6-7-16(17)19(23)24/h2-7,10-11H,8-9H2,1H3,(H,25,26)/p-1/b14-10+. The predicted octanol–water partition coefficient (Wildman–Crippen LogP) is 1.49. The van der Waals surface area contributed by atoms with Crippen LogP contribution in [-0.4, -0.2) is 28.6 Å². The van der Waals surface area contributed by atoms with Crippen molar-refractivity contribution in [2.75, 3.05) is 7.11 Å². The number of aromatic carboxylic acids is 1. The van der Waals surface area contributed by atoms with E-state index in [1.165, 1.54) is 25.3 Å². The van der Waals surface area contributed by atoms with E-state index in [4.69, 9.17) is 0 Å². The smallest absolute Gasteiger partial charge is 0.337 e. The molecule has 0 unspecified atom stereocenters. The molecule has 0 amide bonds. The van der Waals surface area contributed by atoms with Gasteiger partial charge in [0.25, 0.3) is 5.56 Å². The van der Waals surface area contributed by atoms with Crippen molar-refractivity contribution in [3.05, 3.63) is 75.3 Å². The Morgan fingerprint density at radius 1 is 1.14 bits per heavy atom. The van der Waals surface area contributed by atoms with Gasteiger partial charge in [-0.2, -0.15) is 0 Å². The lowest BCUT2D eigenvalue weighted by Crippen LogP contribution is -2.23. The third-order valence-electron chi connectivity index (χ3n) is 4.76. The van der Waals surface area contributed by atoms with Gasteiger partial charge in [0, 0.05) is 6.54 Å². The topological polar surface area (TPSA) is 101 Å². The van der Waals surface area contributed by atoms with E-state index in [0.717, 1.165) is 11.1 Å². The van der Waals surface area contributed by atoms with Crippen LogP contribution in [0.2, 0.25) is 0 Å². The summed E-state index contributed by atoms with van der Waals surface area (Å²) in [5, 5.41) is 11.5. The predicted molar refractivity (Wildman–Crippen MR) is 101 cm³/mol. The summed E-state index contributed by atoms with van der Waals surface area (Å²) in [5.41, 5.74) is 2.27. The van der Waals surface area contributed by atoms with Gasteiger partial charge in [-0.3, -0.25) is 9.36 Å². The van der Waals surface area contributed by atoms with E-state index in [1.54, 1.807) is 28.8 Å².